The van der Waals surface area contributed by atoms with Gasteiger partial charge in [0.05, 0.1) is 4.90 Å². The van der Waals surface area contributed by atoms with Gasteiger partial charge in [-0.15, -0.1) is 0 Å². The van der Waals surface area contributed by atoms with E-state index in [-0.39, 0.29) is 42.8 Å². The van der Waals surface area contributed by atoms with Crippen molar-refractivity contribution in [1.82, 2.24) is 14.5 Å². The summed E-state index contributed by atoms with van der Waals surface area (Å²) in [4.78, 5) is 43.4. The fraction of sp³-hybridized carbons (Fsp3) is 0.583. The van der Waals surface area contributed by atoms with E-state index in [0.29, 0.717) is 38.6 Å². The van der Waals surface area contributed by atoms with Crippen molar-refractivity contribution in [2.24, 2.45) is 22.4 Å². The summed E-state index contributed by atoms with van der Waals surface area (Å²) >= 11 is 0. The summed E-state index contributed by atoms with van der Waals surface area (Å²) in [7, 11) is -3.64. The van der Waals surface area contributed by atoms with E-state index in [4.69, 9.17) is 11.5 Å². The normalized spacial score (nSPS) is 19.8. The minimum absolute atomic E-state index is 0.0883. The van der Waals surface area contributed by atoms with E-state index in [1.165, 1.54) is 9.21 Å². The number of hydrogen-bond acceptors (Lipinski definition) is 6. The topological polar surface area (TPSA) is 188 Å². The molecule has 0 aliphatic carbocycles. The Balaban J connectivity index is 1.57. The number of nitrogens with one attached hydrogen (secondary N) is 1. The monoisotopic (exact) mass is 536 g/mol. The lowest BCUT2D eigenvalue weighted by Crippen LogP contribution is -2.52. The molecule has 0 saturated carbocycles. The number of aliphatic carboxylic acids is 1. The molecule has 2 saturated heterocycles. The van der Waals surface area contributed by atoms with Gasteiger partial charge in [0.1, 0.15) is 12.1 Å². The molecule has 0 spiro atoms. The van der Waals surface area contributed by atoms with Crippen LogP contribution in [-0.2, 0) is 24.4 Å². The third-order valence-electron chi connectivity index (χ3n) is 6.86. The van der Waals surface area contributed by atoms with Gasteiger partial charge >= 0.3 is 5.97 Å². The predicted octanol–water partition coefficient (Wildman–Crippen LogP) is 0.00972. The summed E-state index contributed by atoms with van der Waals surface area (Å²) in [6.07, 6.45) is 2.30. The van der Waals surface area contributed by atoms with E-state index in [1.807, 2.05) is 6.92 Å². The maximum Gasteiger partial charge on any atom is 0.326 e. The van der Waals surface area contributed by atoms with E-state index < -0.39 is 39.9 Å². The lowest BCUT2D eigenvalue weighted by Gasteiger charge is -2.34. The molecule has 0 aromatic heterocycles. The number of carbonyl (C=O) groups is 3. The van der Waals surface area contributed by atoms with Crippen LogP contribution in [0.5, 0.6) is 0 Å². The number of benzene rings is 1. The summed E-state index contributed by atoms with van der Waals surface area (Å²) in [6.45, 7) is 2.97. The molecule has 1 aromatic rings. The highest BCUT2D eigenvalue weighted by atomic mass is 32.2. The number of guanidine groups is 1. The molecule has 204 valence electrons. The molecule has 2 heterocycles. The predicted molar refractivity (Wildman–Crippen MR) is 137 cm³/mol. The summed E-state index contributed by atoms with van der Waals surface area (Å²) in [5, 5.41) is 12.1. The fourth-order valence-electron chi connectivity index (χ4n) is 4.77. The van der Waals surface area contributed by atoms with Crippen molar-refractivity contribution < 1.29 is 27.9 Å². The number of sulfonamides is 1. The Kier molecular flexibility index (Phi) is 9.49. The van der Waals surface area contributed by atoms with Crippen molar-refractivity contribution in [2.45, 2.75) is 62.4 Å². The van der Waals surface area contributed by atoms with Crippen LogP contribution in [0, 0.1) is 12.8 Å². The Hall–Kier alpha value is -3.19. The molecule has 2 aliphatic heterocycles. The van der Waals surface area contributed by atoms with Crippen molar-refractivity contribution in [3.05, 3.63) is 29.8 Å². The minimum Gasteiger partial charge on any atom is -0.480 e. The molecule has 0 radical (unpaired) electrons. The molecule has 0 bridgehead atoms. The average Bonchev–Trinajstić information content (AvgIpc) is 3.35. The van der Waals surface area contributed by atoms with Gasteiger partial charge in [0, 0.05) is 32.1 Å². The zero-order valence-corrected chi connectivity index (χ0v) is 21.8. The summed E-state index contributed by atoms with van der Waals surface area (Å²) < 4.78 is 27.3. The number of rotatable bonds is 10. The number of nitrogens with two attached hydrogens (primary N) is 2. The lowest BCUT2D eigenvalue weighted by molar-refractivity contribution is -0.145. The summed E-state index contributed by atoms with van der Waals surface area (Å²) in [5.74, 6) is -2.34. The molecule has 12 nitrogen and oxygen atoms in total. The average molecular weight is 537 g/mol. The van der Waals surface area contributed by atoms with E-state index >= 15 is 0 Å². The van der Waals surface area contributed by atoms with Gasteiger partial charge in [-0.1, -0.05) is 17.7 Å². The number of hydrogen-bond donors (Lipinski definition) is 4. The zero-order chi connectivity index (χ0) is 27.2. The second-order valence-corrected chi connectivity index (χ2v) is 11.5. The van der Waals surface area contributed by atoms with Crippen LogP contribution in [-0.4, -0.2) is 84.7 Å². The summed E-state index contributed by atoms with van der Waals surface area (Å²) in [5.41, 5.74) is 11.5. The molecule has 6 N–H and O–H groups in total. The van der Waals surface area contributed by atoms with Gasteiger partial charge in [0.2, 0.25) is 21.8 Å². The lowest BCUT2D eigenvalue weighted by atomic mass is 9.96. The smallest absolute Gasteiger partial charge is 0.326 e. The van der Waals surface area contributed by atoms with E-state index in [0.717, 1.165) is 5.56 Å². The number of nitrogens with zero attached hydrogens (tertiary/aromatic N) is 3. The molecular weight excluding hydrogens is 500 g/mol. The highest BCUT2D eigenvalue weighted by Crippen LogP contribution is 2.28. The van der Waals surface area contributed by atoms with Crippen LogP contribution >= 0.6 is 0 Å². The van der Waals surface area contributed by atoms with Gasteiger partial charge in [0.25, 0.3) is 0 Å². The van der Waals surface area contributed by atoms with E-state index in [9.17, 15) is 27.9 Å². The quantitative estimate of drug-likeness (QED) is 0.183. The molecule has 2 atom stereocenters. The highest BCUT2D eigenvalue weighted by molar-refractivity contribution is 7.89. The third-order valence-corrected chi connectivity index (χ3v) is 8.77. The maximum atomic E-state index is 13.3. The molecule has 2 amide bonds. The van der Waals surface area contributed by atoms with Gasteiger partial charge in [-0.05, 0) is 57.6 Å². The number of carboxylic acids is 1. The fourth-order valence-corrected chi connectivity index (χ4v) is 6.24. The SMILES string of the molecule is Cc1ccc(S(=O)(=O)N2CCC(C(=O)N3CCC[C@H]3C(=O)N[C@H](CCCN=C(N)N)C(=O)O)CC2)cc1. The van der Waals surface area contributed by atoms with Gasteiger partial charge in [-0.25, -0.2) is 13.2 Å². The van der Waals surface area contributed by atoms with E-state index in [1.54, 1.807) is 24.3 Å². The third kappa shape index (κ3) is 7.19. The number of amides is 2. The Labute approximate surface area is 217 Å². The van der Waals surface area contributed by atoms with Crippen molar-refractivity contribution in [1.29, 1.82) is 0 Å². The first-order valence-corrected chi connectivity index (χ1v) is 13.9. The Bertz CT molecular complexity index is 1110. The highest BCUT2D eigenvalue weighted by Gasteiger charge is 2.40. The Morgan fingerprint density at radius 2 is 1.76 bits per heavy atom. The number of likely N-dealkylation sites (tertiary alicyclic amines) is 1. The van der Waals surface area contributed by atoms with E-state index in [2.05, 4.69) is 10.3 Å². The molecule has 37 heavy (non-hydrogen) atoms. The van der Waals surface area contributed by atoms with Crippen LogP contribution in [0.2, 0.25) is 0 Å². The second-order valence-electron chi connectivity index (χ2n) is 9.53. The van der Waals surface area contributed by atoms with Crippen LogP contribution < -0.4 is 16.8 Å². The van der Waals surface area contributed by atoms with Crippen LogP contribution in [0.1, 0.15) is 44.1 Å². The number of piperidine rings is 1. The van der Waals surface area contributed by atoms with Gasteiger partial charge in [-0.2, -0.15) is 4.31 Å². The number of carboxylic acid groups (broad SMARTS) is 1. The molecule has 2 aliphatic rings. The van der Waals surface area contributed by atoms with Gasteiger partial charge < -0.3 is 26.8 Å². The Morgan fingerprint density at radius 1 is 1.11 bits per heavy atom. The zero-order valence-electron chi connectivity index (χ0n) is 21.0. The first kappa shape index (κ1) is 28.4. The molecule has 2 fully saturated rings. The summed E-state index contributed by atoms with van der Waals surface area (Å²) in [6, 6.07) is 4.80. The largest absolute Gasteiger partial charge is 0.480 e. The van der Waals surface area contributed by atoms with Crippen molar-refractivity contribution >= 4 is 33.8 Å². The number of aliphatic imine (C=N–C) groups is 1. The first-order chi connectivity index (χ1) is 17.5. The van der Waals surface area contributed by atoms with Crippen molar-refractivity contribution in [3.63, 3.8) is 0 Å². The van der Waals surface area contributed by atoms with Gasteiger partial charge in [-0.3, -0.25) is 14.6 Å². The van der Waals surface area contributed by atoms with Crippen LogP contribution in [0.4, 0.5) is 0 Å². The van der Waals surface area contributed by atoms with Crippen molar-refractivity contribution in [3.8, 4) is 0 Å². The minimum atomic E-state index is -3.64. The molecular formula is C24H36N6O6S. The molecule has 3 rings (SSSR count). The van der Waals surface area contributed by atoms with Crippen LogP contribution in [0.3, 0.4) is 0 Å². The standard InChI is InChI=1S/C24H36N6O6S/c1-16-6-8-18(9-7-16)37(35,36)29-14-10-17(11-15-29)22(32)30-13-3-5-20(30)21(31)28-19(23(33)34)4-2-12-27-24(25)26/h6-9,17,19-20H,2-5,10-15H2,1H3,(H,28,31)(H,33,34)(H4,25,26,27)/t19-,20+/m1/s1. The van der Waals surface area contributed by atoms with Gasteiger partial charge in [0.15, 0.2) is 5.96 Å². The van der Waals surface area contributed by atoms with Crippen LogP contribution in [0.25, 0.3) is 0 Å². The molecule has 1 aromatic carbocycles. The number of carbonyl (C=O) groups excluding carboxylic acids is 2. The van der Waals surface area contributed by atoms with Crippen molar-refractivity contribution in [2.75, 3.05) is 26.2 Å². The molecule has 13 heteroatoms. The number of aryl methyl sites for hydroxylation is 1. The maximum absolute atomic E-state index is 13.3. The Morgan fingerprint density at radius 3 is 2.35 bits per heavy atom. The second kappa shape index (κ2) is 12.4. The van der Waals surface area contributed by atoms with Crippen LogP contribution in [0.15, 0.2) is 34.2 Å². The molecule has 0 unspecified atom stereocenters. The first-order valence-electron chi connectivity index (χ1n) is 12.5.